The molecule has 0 saturated carbocycles. The maximum Gasteiger partial charge on any atom is 0.410 e. The second-order valence-corrected chi connectivity index (χ2v) is 5.67. The molecule has 1 atom stereocenters. The number of nitrogens with two attached hydrogens (primary N) is 1. The van der Waals surface area contributed by atoms with Crippen LogP contribution in [0.25, 0.3) is 0 Å². The molecule has 0 rings (SSSR count). The Labute approximate surface area is 99.9 Å². The lowest BCUT2D eigenvalue weighted by molar-refractivity contribution is 0.0261. The molecule has 96 valence electrons. The molecule has 0 aromatic carbocycles. The van der Waals surface area contributed by atoms with E-state index in [-0.39, 0.29) is 6.09 Å². The van der Waals surface area contributed by atoms with Crippen molar-refractivity contribution < 1.29 is 13.7 Å². The summed E-state index contributed by atoms with van der Waals surface area (Å²) in [6.07, 6.45) is 0.286. The Bertz CT molecular complexity index is 251. The van der Waals surface area contributed by atoms with E-state index in [4.69, 9.17) is 9.88 Å². The van der Waals surface area contributed by atoms with Gasteiger partial charge < -0.3 is 9.64 Å². The van der Waals surface area contributed by atoms with E-state index in [0.29, 0.717) is 25.3 Å². The normalized spacial score (nSPS) is 13.3. The molecule has 5 nitrogen and oxygen atoms in total. The summed E-state index contributed by atoms with van der Waals surface area (Å²) in [7, 11) is -1.30. The smallest absolute Gasteiger partial charge is 0.410 e. The second-order valence-electron chi connectivity index (χ2n) is 4.50. The highest BCUT2D eigenvalue weighted by Gasteiger charge is 2.20. The van der Waals surface area contributed by atoms with E-state index in [1.54, 1.807) is 4.90 Å². The Morgan fingerprint density at radius 3 is 2.38 bits per heavy atom. The quantitative estimate of drug-likeness (QED) is 0.798. The molecule has 0 bridgehead atoms. The van der Waals surface area contributed by atoms with E-state index in [1.807, 2.05) is 27.7 Å². The maximum absolute atomic E-state index is 11.7. The Balaban J connectivity index is 4.07. The van der Waals surface area contributed by atoms with E-state index in [0.717, 1.165) is 0 Å². The van der Waals surface area contributed by atoms with Crippen LogP contribution >= 0.6 is 0 Å². The Hall–Kier alpha value is -0.620. The number of hydrogen-bond acceptors (Lipinski definition) is 3. The van der Waals surface area contributed by atoms with Crippen molar-refractivity contribution in [2.24, 2.45) is 5.14 Å². The number of hydrogen-bond donors (Lipinski definition) is 1. The van der Waals surface area contributed by atoms with Gasteiger partial charge in [-0.1, -0.05) is 0 Å². The van der Waals surface area contributed by atoms with Crippen molar-refractivity contribution in [3.05, 3.63) is 0 Å². The van der Waals surface area contributed by atoms with E-state index in [9.17, 15) is 9.00 Å². The maximum atomic E-state index is 11.7. The van der Waals surface area contributed by atoms with Gasteiger partial charge in [-0.25, -0.2) is 9.00 Å². The number of carbonyl (C=O) groups is 1. The summed E-state index contributed by atoms with van der Waals surface area (Å²) in [4.78, 5) is 13.2. The first-order chi connectivity index (χ1) is 7.26. The lowest BCUT2D eigenvalue weighted by Gasteiger charge is -2.26. The highest BCUT2D eigenvalue weighted by atomic mass is 32.2. The Kier molecular flexibility index (Phi) is 6.59. The van der Waals surface area contributed by atoms with Gasteiger partial charge in [-0.05, 0) is 34.1 Å². The number of nitrogens with zero attached hydrogens (tertiary/aromatic N) is 1. The zero-order chi connectivity index (χ0) is 12.8. The first kappa shape index (κ1) is 15.4. The van der Waals surface area contributed by atoms with E-state index >= 15 is 0 Å². The van der Waals surface area contributed by atoms with Crippen LogP contribution in [-0.2, 0) is 15.7 Å². The molecule has 0 radical (unpaired) electrons. The van der Waals surface area contributed by atoms with Crippen molar-refractivity contribution in [3.63, 3.8) is 0 Å². The number of amides is 1. The molecule has 2 N–H and O–H groups in total. The minimum Gasteiger partial charge on any atom is -0.444 e. The van der Waals surface area contributed by atoms with E-state index < -0.39 is 16.6 Å². The Morgan fingerprint density at radius 1 is 1.44 bits per heavy atom. The van der Waals surface area contributed by atoms with Crippen LogP contribution in [0, 0.1) is 0 Å². The van der Waals surface area contributed by atoms with Crippen LogP contribution in [-0.4, -0.2) is 39.6 Å². The van der Waals surface area contributed by atoms with Crippen LogP contribution in [0.1, 0.15) is 34.1 Å². The van der Waals surface area contributed by atoms with Crippen LogP contribution in [0.5, 0.6) is 0 Å². The van der Waals surface area contributed by atoms with Gasteiger partial charge in [-0.3, -0.25) is 5.14 Å². The van der Waals surface area contributed by atoms with Crippen LogP contribution in [0.3, 0.4) is 0 Å². The first-order valence-electron chi connectivity index (χ1n) is 5.37. The van der Waals surface area contributed by atoms with E-state index in [2.05, 4.69) is 0 Å². The van der Waals surface area contributed by atoms with Gasteiger partial charge in [0.2, 0.25) is 0 Å². The molecule has 0 aliphatic rings. The summed E-state index contributed by atoms with van der Waals surface area (Å²) >= 11 is 0. The van der Waals surface area contributed by atoms with Crippen LogP contribution in [0.15, 0.2) is 0 Å². The van der Waals surface area contributed by atoms with Crippen molar-refractivity contribution in [2.75, 3.05) is 18.8 Å². The first-order valence-corrected chi connectivity index (χ1v) is 6.75. The van der Waals surface area contributed by atoms with Crippen molar-refractivity contribution in [1.82, 2.24) is 4.90 Å². The number of ether oxygens (including phenoxy) is 1. The van der Waals surface area contributed by atoms with Gasteiger partial charge >= 0.3 is 6.09 Å². The molecule has 6 heteroatoms. The summed E-state index contributed by atoms with van der Waals surface area (Å²) in [5.74, 6) is 0.402. The topological polar surface area (TPSA) is 72.6 Å². The van der Waals surface area contributed by atoms with Gasteiger partial charge in [0.15, 0.2) is 0 Å². The molecular weight excluding hydrogens is 228 g/mol. The summed E-state index contributed by atoms with van der Waals surface area (Å²) < 4.78 is 15.9. The zero-order valence-corrected chi connectivity index (χ0v) is 11.3. The van der Waals surface area contributed by atoms with Crippen LogP contribution in [0.4, 0.5) is 4.79 Å². The monoisotopic (exact) mass is 250 g/mol. The molecular formula is C10H22N2O3S. The van der Waals surface area contributed by atoms with Crippen molar-refractivity contribution in [2.45, 2.75) is 39.7 Å². The predicted octanol–water partition coefficient (Wildman–Crippen LogP) is 1.26. The minimum atomic E-state index is -1.30. The van der Waals surface area contributed by atoms with Gasteiger partial charge in [0.05, 0.1) is 11.0 Å². The van der Waals surface area contributed by atoms with Gasteiger partial charge in [-0.2, -0.15) is 0 Å². The molecule has 0 heterocycles. The summed E-state index contributed by atoms with van der Waals surface area (Å²) in [5.41, 5.74) is -0.485. The fourth-order valence-corrected chi connectivity index (χ4v) is 1.52. The average molecular weight is 250 g/mol. The third-order valence-corrected chi connectivity index (χ3v) is 2.50. The van der Waals surface area contributed by atoms with Crippen molar-refractivity contribution in [3.8, 4) is 0 Å². The Morgan fingerprint density at radius 2 is 2.00 bits per heavy atom. The zero-order valence-electron chi connectivity index (χ0n) is 10.5. The third-order valence-electron chi connectivity index (χ3n) is 1.81. The van der Waals surface area contributed by atoms with E-state index in [1.165, 1.54) is 0 Å². The van der Waals surface area contributed by atoms with Crippen molar-refractivity contribution >= 4 is 17.1 Å². The molecule has 0 fully saturated rings. The van der Waals surface area contributed by atoms with Crippen LogP contribution < -0.4 is 5.14 Å². The van der Waals surface area contributed by atoms with Crippen molar-refractivity contribution in [1.29, 1.82) is 0 Å². The van der Waals surface area contributed by atoms with Crippen LogP contribution in [0.2, 0.25) is 0 Å². The summed E-state index contributed by atoms with van der Waals surface area (Å²) in [5, 5.41) is 5.14. The molecule has 0 aromatic rings. The summed E-state index contributed by atoms with van der Waals surface area (Å²) in [6, 6.07) is 0. The predicted molar refractivity (Wildman–Crippen MR) is 65.3 cm³/mol. The lowest BCUT2D eigenvalue weighted by Crippen LogP contribution is -2.37. The SMILES string of the molecule is CCN(CCCS(N)=O)C(=O)OC(C)(C)C. The molecule has 1 amide bonds. The fourth-order valence-electron chi connectivity index (χ4n) is 1.10. The molecule has 1 unspecified atom stereocenters. The second kappa shape index (κ2) is 6.85. The average Bonchev–Trinajstić information content (AvgIpc) is 2.08. The van der Waals surface area contributed by atoms with Gasteiger partial charge in [0.25, 0.3) is 0 Å². The number of carbonyl (C=O) groups excluding carboxylic acids is 1. The van der Waals surface area contributed by atoms with Gasteiger partial charge in [0.1, 0.15) is 5.60 Å². The highest BCUT2D eigenvalue weighted by Crippen LogP contribution is 2.10. The molecule has 0 aliphatic heterocycles. The lowest BCUT2D eigenvalue weighted by atomic mass is 10.2. The largest absolute Gasteiger partial charge is 0.444 e. The third kappa shape index (κ3) is 7.64. The molecule has 0 aromatic heterocycles. The molecule has 0 aliphatic carbocycles. The van der Waals surface area contributed by atoms with Gasteiger partial charge in [0, 0.05) is 18.8 Å². The fraction of sp³-hybridized carbons (Fsp3) is 0.900. The number of rotatable bonds is 5. The minimum absolute atomic E-state index is 0.335. The molecule has 0 saturated heterocycles. The van der Waals surface area contributed by atoms with Gasteiger partial charge in [-0.15, -0.1) is 0 Å². The standard InChI is InChI=1S/C10H22N2O3S/c1-5-12(7-6-8-16(11)14)9(13)15-10(2,3)4/h5-8,11H2,1-4H3. The summed E-state index contributed by atoms with van der Waals surface area (Å²) in [6.45, 7) is 8.46. The molecule has 16 heavy (non-hydrogen) atoms. The molecule has 0 spiro atoms. The highest BCUT2D eigenvalue weighted by molar-refractivity contribution is 7.82.